The van der Waals surface area contributed by atoms with Crippen molar-refractivity contribution < 1.29 is 0 Å². The molecule has 3 heterocycles. The average Bonchev–Trinajstić information content (AvgIpc) is 3.18. The second-order valence-electron chi connectivity index (χ2n) is 4.83. The van der Waals surface area contributed by atoms with Gasteiger partial charge in [-0.15, -0.1) is 11.3 Å². The van der Waals surface area contributed by atoms with Gasteiger partial charge in [0.25, 0.3) is 0 Å². The Balaban J connectivity index is 1.65. The van der Waals surface area contributed by atoms with E-state index in [0.29, 0.717) is 0 Å². The Labute approximate surface area is 136 Å². The van der Waals surface area contributed by atoms with Gasteiger partial charge in [-0.3, -0.25) is 4.99 Å². The van der Waals surface area contributed by atoms with Gasteiger partial charge >= 0.3 is 0 Å². The molecular weight excluding hydrogens is 316 g/mol. The number of nitrogens with zero attached hydrogens (tertiary/aromatic N) is 3. The maximum absolute atomic E-state index is 5.98. The largest absolute Gasteiger partial charge is 0.339 e. The molecule has 0 bridgehead atoms. The van der Waals surface area contributed by atoms with E-state index in [2.05, 4.69) is 38.5 Å². The van der Waals surface area contributed by atoms with Crippen molar-refractivity contribution in [1.29, 1.82) is 0 Å². The lowest BCUT2D eigenvalue weighted by Crippen LogP contribution is -1.96. The van der Waals surface area contributed by atoms with Crippen molar-refractivity contribution in [2.24, 2.45) is 4.99 Å². The van der Waals surface area contributed by atoms with E-state index in [4.69, 9.17) is 11.6 Å². The first-order chi connectivity index (χ1) is 10.8. The van der Waals surface area contributed by atoms with E-state index >= 15 is 0 Å². The first kappa shape index (κ1) is 13.4. The monoisotopic (exact) mass is 326 g/mol. The fourth-order valence-corrected chi connectivity index (χ4v) is 3.30. The van der Waals surface area contributed by atoms with Crippen LogP contribution in [0.3, 0.4) is 0 Å². The van der Waals surface area contributed by atoms with Crippen LogP contribution >= 0.6 is 22.9 Å². The third-order valence-electron chi connectivity index (χ3n) is 3.40. The molecule has 0 radical (unpaired) electrons. The molecule has 0 aliphatic carbocycles. The fraction of sp³-hybridized carbons (Fsp3) is 0.0625. The summed E-state index contributed by atoms with van der Waals surface area (Å²) in [5.74, 6) is 0.736. The van der Waals surface area contributed by atoms with Gasteiger partial charge in [0.1, 0.15) is 0 Å². The third-order valence-corrected chi connectivity index (χ3v) is 4.48. The lowest BCUT2D eigenvalue weighted by atomic mass is 10.1. The van der Waals surface area contributed by atoms with Crippen LogP contribution in [0.2, 0.25) is 5.28 Å². The summed E-state index contributed by atoms with van der Waals surface area (Å²) < 4.78 is 0.999. The highest BCUT2D eigenvalue weighted by molar-refractivity contribution is 7.17. The van der Waals surface area contributed by atoms with Gasteiger partial charge < -0.3 is 5.32 Å². The van der Waals surface area contributed by atoms with Crippen LogP contribution in [0.15, 0.2) is 46.8 Å². The molecule has 4 rings (SSSR count). The molecule has 0 unspecified atom stereocenters. The van der Waals surface area contributed by atoms with Crippen molar-refractivity contribution in [2.45, 2.75) is 0 Å². The van der Waals surface area contributed by atoms with Crippen molar-refractivity contribution in [2.75, 3.05) is 11.9 Å². The number of anilines is 2. The Morgan fingerprint density at radius 3 is 2.73 bits per heavy atom. The molecule has 0 saturated carbocycles. The van der Waals surface area contributed by atoms with Gasteiger partial charge in [-0.1, -0.05) is 18.2 Å². The van der Waals surface area contributed by atoms with Crippen LogP contribution in [-0.2, 0) is 0 Å². The third kappa shape index (κ3) is 2.49. The molecule has 1 aliphatic heterocycles. The van der Waals surface area contributed by atoms with E-state index in [1.54, 1.807) is 11.3 Å². The minimum atomic E-state index is 0.248. The second kappa shape index (κ2) is 5.51. The molecule has 0 atom stereocenters. The molecule has 1 aliphatic rings. The molecule has 1 N–H and O–H groups in total. The highest BCUT2D eigenvalue weighted by Gasteiger charge is 2.09. The zero-order valence-electron chi connectivity index (χ0n) is 11.5. The zero-order valence-corrected chi connectivity index (χ0v) is 13.0. The minimum absolute atomic E-state index is 0.248. The van der Waals surface area contributed by atoms with Crippen molar-refractivity contribution in [3.05, 3.63) is 52.6 Å². The van der Waals surface area contributed by atoms with Gasteiger partial charge in [-0.2, -0.15) is 4.98 Å². The highest BCUT2D eigenvalue weighted by atomic mass is 35.5. The van der Waals surface area contributed by atoms with E-state index in [0.717, 1.165) is 39.4 Å². The quantitative estimate of drug-likeness (QED) is 0.718. The van der Waals surface area contributed by atoms with E-state index in [9.17, 15) is 0 Å². The summed E-state index contributed by atoms with van der Waals surface area (Å²) in [6.07, 6.45) is 4.02. The van der Waals surface area contributed by atoms with Crippen LogP contribution in [0, 0.1) is 0 Å². The predicted octanol–water partition coefficient (Wildman–Crippen LogP) is 4.56. The van der Waals surface area contributed by atoms with Crippen molar-refractivity contribution >= 4 is 56.4 Å². The molecule has 1 aromatic carbocycles. The van der Waals surface area contributed by atoms with Crippen molar-refractivity contribution in [3.8, 4) is 0 Å². The van der Waals surface area contributed by atoms with Crippen LogP contribution < -0.4 is 5.32 Å². The topological polar surface area (TPSA) is 50.2 Å². The summed E-state index contributed by atoms with van der Waals surface area (Å²) in [7, 11) is 0. The fourth-order valence-electron chi connectivity index (χ4n) is 2.35. The lowest BCUT2D eigenvalue weighted by molar-refractivity contribution is 1.23. The minimum Gasteiger partial charge on any atom is -0.339 e. The molecule has 3 aromatic rings. The molecule has 22 heavy (non-hydrogen) atoms. The average molecular weight is 327 g/mol. The van der Waals surface area contributed by atoms with Crippen LogP contribution in [0.4, 0.5) is 11.5 Å². The number of aromatic nitrogens is 2. The molecular formula is C16H11ClN4S. The number of hydrogen-bond donors (Lipinski definition) is 1. The van der Waals surface area contributed by atoms with Crippen LogP contribution in [0.1, 0.15) is 5.56 Å². The van der Waals surface area contributed by atoms with E-state index in [1.165, 1.54) is 0 Å². The first-order valence-corrected chi connectivity index (χ1v) is 8.03. The number of nitrogens with one attached hydrogen (secondary N) is 1. The first-order valence-electron chi connectivity index (χ1n) is 6.78. The van der Waals surface area contributed by atoms with Gasteiger partial charge in [0.15, 0.2) is 5.82 Å². The molecule has 4 nitrogen and oxygen atoms in total. The summed E-state index contributed by atoms with van der Waals surface area (Å²) in [5, 5.41) is 5.54. The number of allylic oxidation sites excluding steroid dienone is 1. The maximum atomic E-state index is 5.98. The van der Waals surface area contributed by atoms with E-state index < -0.39 is 0 Å². The normalized spacial score (nSPS) is 13.6. The number of benzene rings is 1. The summed E-state index contributed by atoms with van der Waals surface area (Å²) >= 11 is 7.57. The Kier molecular flexibility index (Phi) is 3.36. The molecule has 0 saturated heterocycles. The summed E-state index contributed by atoms with van der Waals surface area (Å²) in [6, 6.07) is 10.1. The number of thiophene rings is 1. The number of halogens is 1. The number of hydrogen-bond acceptors (Lipinski definition) is 5. The van der Waals surface area contributed by atoms with Gasteiger partial charge in [0.05, 0.1) is 16.8 Å². The summed E-state index contributed by atoms with van der Waals surface area (Å²) in [4.78, 5) is 12.7. The van der Waals surface area contributed by atoms with Crippen molar-refractivity contribution in [3.63, 3.8) is 0 Å². The Morgan fingerprint density at radius 1 is 1.09 bits per heavy atom. The van der Waals surface area contributed by atoms with Gasteiger partial charge in [0.2, 0.25) is 5.28 Å². The van der Waals surface area contributed by atoms with Crippen LogP contribution in [-0.4, -0.2) is 22.7 Å². The van der Waals surface area contributed by atoms with Gasteiger partial charge in [0, 0.05) is 11.9 Å². The van der Waals surface area contributed by atoms with E-state index in [1.807, 2.05) is 29.8 Å². The van der Waals surface area contributed by atoms with E-state index in [-0.39, 0.29) is 5.28 Å². The number of rotatable bonds is 3. The number of fused-ring (bicyclic) bond motifs is 1. The molecule has 108 valence electrons. The molecule has 0 fully saturated rings. The van der Waals surface area contributed by atoms with Gasteiger partial charge in [-0.25, -0.2) is 4.98 Å². The summed E-state index contributed by atoms with van der Waals surface area (Å²) in [5.41, 5.74) is 4.14. The number of aliphatic imine (C=N–C) groups is 1. The Bertz CT molecular complexity index is 896. The Morgan fingerprint density at radius 2 is 1.95 bits per heavy atom. The van der Waals surface area contributed by atoms with Crippen LogP contribution in [0.5, 0.6) is 0 Å². The zero-order chi connectivity index (χ0) is 14.9. The van der Waals surface area contributed by atoms with Gasteiger partial charge in [-0.05, 0) is 46.3 Å². The predicted molar refractivity (Wildman–Crippen MR) is 93.5 cm³/mol. The van der Waals surface area contributed by atoms with Crippen LogP contribution in [0.25, 0.3) is 15.8 Å². The SMILES string of the molecule is Clc1nc(Nc2ccc(C3=CCN=C3)cc2)c2sccc2n1. The molecule has 0 amide bonds. The standard InChI is InChI=1S/C16H11ClN4S/c17-16-20-13-6-8-22-14(13)15(21-16)19-12-3-1-10(2-4-12)11-5-7-18-9-11/h1-6,8-9H,7H2,(H,19,20,21). The Hall–Kier alpha value is -2.24. The molecule has 0 spiro atoms. The maximum Gasteiger partial charge on any atom is 0.224 e. The summed E-state index contributed by atoms with van der Waals surface area (Å²) in [6.45, 7) is 0.769. The molecule has 2 aromatic heterocycles. The lowest BCUT2D eigenvalue weighted by Gasteiger charge is -2.08. The highest BCUT2D eigenvalue weighted by Crippen LogP contribution is 2.30. The smallest absolute Gasteiger partial charge is 0.224 e. The van der Waals surface area contributed by atoms with Crippen molar-refractivity contribution in [1.82, 2.24) is 9.97 Å². The second-order valence-corrected chi connectivity index (χ2v) is 6.09. The molecule has 6 heteroatoms.